The van der Waals surface area contributed by atoms with Crippen LogP contribution in [0.4, 0.5) is 0 Å². The Kier molecular flexibility index (Phi) is 8.06. The normalized spacial score (nSPS) is 25.5. The van der Waals surface area contributed by atoms with Crippen LogP contribution in [0.25, 0.3) is 22.2 Å². The Hall–Kier alpha value is -4.19. The molecule has 2 aliphatic carbocycles. The number of rotatable bonds is 8. The average Bonchev–Trinajstić information content (AvgIpc) is 3.40. The minimum atomic E-state index is -3.99. The van der Waals surface area contributed by atoms with E-state index in [1.807, 2.05) is 18.2 Å². The summed E-state index contributed by atoms with van der Waals surface area (Å²) in [7, 11) is 0.475. The summed E-state index contributed by atoms with van der Waals surface area (Å²) in [5, 5.41) is 1.05. The van der Waals surface area contributed by atoms with Gasteiger partial charge in [-0.1, -0.05) is 55.7 Å². The molecule has 0 radical (unpaired) electrons. The Morgan fingerprint density at radius 1 is 0.923 bits per heavy atom. The molecule has 4 heterocycles. The van der Waals surface area contributed by atoms with E-state index in [9.17, 15) is 13.2 Å². The lowest BCUT2D eigenvalue weighted by Crippen LogP contribution is -2.44. The average molecular weight is 722 g/mol. The second kappa shape index (κ2) is 12.5. The van der Waals surface area contributed by atoms with E-state index in [0.29, 0.717) is 24.2 Å². The van der Waals surface area contributed by atoms with Crippen LogP contribution in [0.3, 0.4) is 0 Å². The number of carbonyl (C=O) groups is 2. The van der Waals surface area contributed by atoms with Crippen LogP contribution in [0.15, 0.2) is 66.7 Å². The molecule has 2 amide bonds. The van der Waals surface area contributed by atoms with Crippen molar-refractivity contribution >= 4 is 32.9 Å². The lowest BCUT2D eigenvalue weighted by atomic mass is 9.80. The van der Waals surface area contributed by atoms with Crippen LogP contribution in [-0.4, -0.2) is 86.3 Å². The van der Waals surface area contributed by atoms with E-state index >= 15 is 4.79 Å². The van der Waals surface area contributed by atoms with Gasteiger partial charge in [0.2, 0.25) is 5.91 Å². The zero-order chi connectivity index (χ0) is 35.9. The molecule has 2 unspecified atom stereocenters. The van der Waals surface area contributed by atoms with Crippen molar-refractivity contribution in [1.82, 2.24) is 23.4 Å². The number of nitrogens with zero attached hydrogens (tertiary/aromatic N) is 4. The van der Waals surface area contributed by atoms with Crippen molar-refractivity contribution in [2.75, 3.05) is 47.4 Å². The molecule has 2 saturated heterocycles. The van der Waals surface area contributed by atoms with Gasteiger partial charge in [0.1, 0.15) is 11.3 Å². The smallest absolute Gasteiger partial charge is 0.303 e. The fourth-order valence-electron chi connectivity index (χ4n) is 10.1. The number of ether oxygens (including phenoxy) is 1. The highest BCUT2D eigenvalue weighted by atomic mass is 32.2. The molecule has 1 N–H and O–H groups in total. The molecule has 52 heavy (non-hydrogen) atoms. The number of amides is 2. The van der Waals surface area contributed by atoms with Crippen LogP contribution in [0.1, 0.15) is 77.4 Å². The maximum atomic E-state index is 15.3. The van der Waals surface area contributed by atoms with E-state index in [4.69, 9.17) is 4.74 Å². The number of benzene rings is 3. The van der Waals surface area contributed by atoms with Crippen molar-refractivity contribution in [3.8, 4) is 17.0 Å². The summed E-state index contributed by atoms with van der Waals surface area (Å²) in [6.07, 6.45) is 6.33. The van der Waals surface area contributed by atoms with Gasteiger partial charge in [0.15, 0.2) is 0 Å². The van der Waals surface area contributed by atoms with Crippen molar-refractivity contribution in [2.45, 2.75) is 62.4 Å². The van der Waals surface area contributed by atoms with Gasteiger partial charge in [0.25, 0.3) is 5.91 Å². The van der Waals surface area contributed by atoms with Gasteiger partial charge in [-0.25, -0.2) is 4.72 Å². The lowest BCUT2D eigenvalue weighted by Gasteiger charge is -2.34. The Bertz CT molecular complexity index is 2180. The molecule has 9 rings (SSSR count). The summed E-state index contributed by atoms with van der Waals surface area (Å²) < 4.78 is 36.6. The first-order valence-corrected chi connectivity index (χ1v) is 20.2. The van der Waals surface area contributed by atoms with Crippen LogP contribution in [0.2, 0.25) is 0 Å². The molecular weight excluding hydrogens is 675 g/mol. The lowest BCUT2D eigenvalue weighted by molar-refractivity contribution is -0.135. The number of aromatic nitrogens is 1. The van der Waals surface area contributed by atoms with Gasteiger partial charge in [0.05, 0.1) is 18.3 Å². The van der Waals surface area contributed by atoms with E-state index in [1.54, 1.807) is 13.2 Å². The summed E-state index contributed by atoms with van der Waals surface area (Å²) in [6.45, 7) is 4.39. The second-order valence-electron chi connectivity index (χ2n) is 15.9. The third kappa shape index (κ3) is 5.29. The van der Waals surface area contributed by atoms with Gasteiger partial charge in [0, 0.05) is 69.3 Å². The maximum Gasteiger partial charge on any atom is 0.303 e. The Labute approximate surface area is 305 Å². The molecule has 0 bridgehead atoms. The van der Waals surface area contributed by atoms with Crippen molar-refractivity contribution < 1.29 is 22.7 Å². The zero-order valence-electron chi connectivity index (χ0n) is 30.2. The molecular formula is C41H47N5O5S. The van der Waals surface area contributed by atoms with E-state index in [0.717, 1.165) is 96.2 Å². The first kappa shape index (κ1) is 33.6. The number of nitrogens with one attached hydrogen (secondary N) is 1. The number of hydrogen-bond donors (Lipinski definition) is 1. The number of methoxy groups -OCH3 is 1. The standard InChI is InChI=1S/C41H47N5O5S/c1-43(2)52(49,50)42-39(47)28-14-16-33-36(18-28)46-38(37(33)27-12-8-5-9-13-27)32-17-15-31(51-3)19-34(32)35-20-41(35,46)40(48)45-24-29-22-44(23-30(29)25-45)21-26-10-6-4-7-11-26/h4,6-7,10-11,14-19,27,29-30,35H,5,8-9,12-13,20-25H2,1-3H3,(H,42,47)/t29-,30+,35?,41?. The molecule has 4 atom stereocenters. The van der Waals surface area contributed by atoms with E-state index in [2.05, 4.69) is 61.6 Å². The number of fused-ring (bicyclic) bond motifs is 9. The number of hydrogen-bond acceptors (Lipinski definition) is 6. The van der Waals surface area contributed by atoms with Gasteiger partial charge in [-0.3, -0.25) is 14.5 Å². The van der Waals surface area contributed by atoms with Gasteiger partial charge in [-0.2, -0.15) is 12.7 Å². The van der Waals surface area contributed by atoms with E-state index in [-0.39, 0.29) is 17.4 Å². The Morgan fingerprint density at radius 3 is 2.35 bits per heavy atom. The monoisotopic (exact) mass is 721 g/mol. The van der Waals surface area contributed by atoms with E-state index < -0.39 is 21.7 Å². The number of carbonyl (C=O) groups excluding carboxylic acids is 2. The predicted octanol–water partition coefficient (Wildman–Crippen LogP) is 5.69. The fraction of sp³-hybridized carbons (Fsp3) is 0.463. The highest BCUT2D eigenvalue weighted by Crippen LogP contribution is 2.67. The molecule has 272 valence electrons. The molecule has 4 aromatic rings. The highest BCUT2D eigenvalue weighted by molar-refractivity contribution is 7.87. The van der Waals surface area contributed by atoms with Crippen molar-refractivity contribution in [2.24, 2.45) is 11.8 Å². The summed E-state index contributed by atoms with van der Waals surface area (Å²) >= 11 is 0. The molecule has 1 aromatic heterocycles. The maximum absolute atomic E-state index is 15.3. The van der Waals surface area contributed by atoms with Crippen molar-refractivity contribution in [3.05, 3.63) is 89.0 Å². The van der Waals surface area contributed by atoms with Gasteiger partial charge in [-0.15, -0.1) is 0 Å². The predicted molar refractivity (Wildman–Crippen MR) is 200 cm³/mol. The Balaban J connectivity index is 1.14. The first-order chi connectivity index (χ1) is 25.1. The summed E-state index contributed by atoms with van der Waals surface area (Å²) in [4.78, 5) is 33.5. The minimum Gasteiger partial charge on any atom is -0.497 e. The minimum absolute atomic E-state index is 0.0333. The van der Waals surface area contributed by atoms with Gasteiger partial charge < -0.3 is 14.2 Å². The third-order valence-electron chi connectivity index (χ3n) is 12.7. The first-order valence-electron chi connectivity index (χ1n) is 18.8. The summed E-state index contributed by atoms with van der Waals surface area (Å²) in [6, 6.07) is 22.4. The molecule has 3 aliphatic heterocycles. The van der Waals surface area contributed by atoms with Crippen LogP contribution in [0.5, 0.6) is 5.75 Å². The fourth-order valence-corrected chi connectivity index (χ4v) is 10.6. The van der Waals surface area contributed by atoms with Gasteiger partial charge in [-0.05, 0) is 84.0 Å². The van der Waals surface area contributed by atoms with E-state index in [1.165, 1.54) is 31.6 Å². The van der Waals surface area contributed by atoms with Crippen molar-refractivity contribution in [3.63, 3.8) is 0 Å². The summed E-state index contributed by atoms with van der Waals surface area (Å²) in [5.74, 6) is 1.41. The Morgan fingerprint density at radius 2 is 1.65 bits per heavy atom. The highest BCUT2D eigenvalue weighted by Gasteiger charge is 2.68. The van der Waals surface area contributed by atoms with Crippen LogP contribution in [0, 0.1) is 11.8 Å². The molecule has 4 fully saturated rings. The van der Waals surface area contributed by atoms with Crippen LogP contribution in [-0.2, 0) is 27.1 Å². The molecule has 3 aromatic carbocycles. The quantitative estimate of drug-likeness (QED) is 0.251. The van der Waals surface area contributed by atoms with Gasteiger partial charge >= 0.3 is 10.2 Å². The van der Waals surface area contributed by atoms with Crippen LogP contribution < -0.4 is 9.46 Å². The van der Waals surface area contributed by atoms with Crippen LogP contribution >= 0.6 is 0 Å². The second-order valence-corrected chi connectivity index (χ2v) is 17.8. The topological polar surface area (TPSA) is 104 Å². The number of likely N-dealkylation sites (tertiary alicyclic amines) is 2. The molecule has 5 aliphatic rings. The van der Waals surface area contributed by atoms with Crippen molar-refractivity contribution in [1.29, 1.82) is 0 Å². The molecule has 11 heteroatoms. The largest absolute Gasteiger partial charge is 0.497 e. The zero-order valence-corrected chi connectivity index (χ0v) is 31.0. The summed E-state index contributed by atoms with van der Waals surface area (Å²) in [5.41, 5.74) is 6.18. The molecule has 2 saturated carbocycles. The third-order valence-corrected chi connectivity index (χ3v) is 14.1. The molecule has 10 nitrogen and oxygen atoms in total. The molecule has 0 spiro atoms. The SMILES string of the molecule is COc1ccc2c(c1)C1CC1(C(=O)N1C[C@H]3CN(Cc4ccccc4)C[C@H]3C1)n1c-2c(C2CCCCC2)c2ccc(C(=O)NS(=O)(=O)N(C)C)cc21.